The van der Waals surface area contributed by atoms with E-state index in [0.717, 1.165) is 19.3 Å². The van der Waals surface area contributed by atoms with Crippen LogP contribution >= 0.6 is 0 Å². The molecule has 0 heterocycles. The third-order valence-corrected chi connectivity index (χ3v) is 6.96. The van der Waals surface area contributed by atoms with Crippen LogP contribution < -0.4 is 9.62 Å². The molecule has 1 saturated carbocycles. The number of nitrogens with one attached hydrogen (secondary N) is 1. The van der Waals surface area contributed by atoms with E-state index in [2.05, 4.69) is 5.32 Å². The van der Waals surface area contributed by atoms with Crippen molar-refractivity contribution < 1.29 is 17.9 Å². The van der Waals surface area contributed by atoms with Crippen LogP contribution in [0.5, 0.6) is 0 Å². The van der Waals surface area contributed by atoms with Crippen molar-refractivity contribution in [2.75, 3.05) is 24.5 Å². The number of carbonyl (C=O) groups is 1. The molecule has 0 unspecified atom stereocenters. The van der Waals surface area contributed by atoms with Crippen LogP contribution in [0.2, 0.25) is 0 Å². The molecule has 1 amide bonds. The molecule has 2 aromatic rings. The van der Waals surface area contributed by atoms with Crippen LogP contribution in [-0.2, 0) is 14.8 Å². The highest BCUT2D eigenvalue weighted by Gasteiger charge is 2.21. The van der Waals surface area contributed by atoms with Gasteiger partial charge in [-0.05, 0) is 55.7 Å². The Morgan fingerprint density at radius 1 is 1.07 bits per heavy atom. The monoisotopic (exact) mass is 416 g/mol. The summed E-state index contributed by atoms with van der Waals surface area (Å²) >= 11 is 0. The molecule has 1 aliphatic rings. The Bertz CT molecular complexity index is 892. The number of nitrogens with zero attached hydrogens (tertiary/aromatic N) is 1. The summed E-state index contributed by atoms with van der Waals surface area (Å²) in [6, 6.07) is 14.8. The molecule has 0 bridgehead atoms. The van der Waals surface area contributed by atoms with Gasteiger partial charge < -0.3 is 10.1 Å². The van der Waals surface area contributed by atoms with Crippen molar-refractivity contribution in [1.29, 1.82) is 0 Å². The number of amides is 1. The van der Waals surface area contributed by atoms with Gasteiger partial charge in [0.15, 0.2) is 0 Å². The smallest absolute Gasteiger partial charge is 0.264 e. The number of ether oxygens (including phenoxy) is 1. The van der Waals surface area contributed by atoms with Gasteiger partial charge in [-0.3, -0.25) is 9.10 Å². The molecular weight excluding hydrogens is 388 g/mol. The summed E-state index contributed by atoms with van der Waals surface area (Å²) < 4.78 is 32.4. The average molecular weight is 417 g/mol. The van der Waals surface area contributed by atoms with E-state index >= 15 is 0 Å². The standard InChI is InChI=1S/C22H28N2O4S/c1-24(29(26,27)21-10-3-2-4-11-21)19-14-12-18(13-15-19)22(25)23-16-7-17-28-20-8-5-6-9-20/h2-4,10-15,20H,5-9,16-17H2,1H3,(H,23,25). The van der Waals surface area contributed by atoms with E-state index in [1.807, 2.05) is 0 Å². The highest BCUT2D eigenvalue weighted by Crippen LogP contribution is 2.22. The molecule has 1 N–H and O–H groups in total. The Morgan fingerprint density at radius 2 is 1.72 bits per heavy atom. The summed E-state index contributed by atoms with van der Waals surface area (Å²) in [5, 5.41) is 2.88. The molecule has 0 aliphatic heterocycles. The minimum absolute atomic E-state index is 0.175. The first-order chi connectivity index (χ1) is 14.0. The largest absolute Gasteiger partial charge is 0.378 e. The van der Waals surface area contributed by atoms with Crippen LogP contribution in [0.15, 0.2) is 59.5 Å². The first-order valence-electron chi connectivity index (χ1n) is 10.0. The molecule has 0 aromatic heterocycles. The second-order valence-electron chi connectivity index (χ2n) is 7.22. The van der Waals surface area contributed by atoms with Crippen LogP contribution in [0, 0.1) is 0 Å². The summed E-state index contributed by atoms with van der Waals surface area (Å²) in [5.41, 5.74) is 0.992. The summed E-state index contributed by atoms with van der Waals surface area (Å²) in [7, 11) is -2.13. The van der Waals surface area contributed by atoms with Crippen molar-refractivity contribution in [2.24, 2.45) is 0 Å². The summed E-state index contributed by atoms with van der Waals surface area (Å²) in [5.74, 6) is -0.175. The zero-order valence-electron chi connectivity index (χ0n) is 16.7. The quantitative estimate of drug-likeness (QED) is 0.634. The Hall–Kier alpha value is -2.38. The Morgan fingerprint density at radius 3 is 2.38 bits per heavy atom. The van der Waals surface area contributed by atoms with E-state index in [1.165, 1.54) is 24.2 Å². The molecule has 3 rings (SSSR count). The third-order valence-electron chi connectivity index (χ3n) is 5.16. The van der Waals surface area contributed by atoms with Crippen molar-refractivity contribution in [3.8, 4) is 0 Å². The van der Waals surface area contributed by atoms with Gasteiger partial charge in [-0.25, -0.2) is 8.42 Å². The predicted octanol–water partition coefficient (Wildman–Crippen LogP) is 3.59. The van der Waals surface area contributed by atoms with Crippen LogP contribution in [0.4, 0.5) is 5.69 Å². The number of hydrogen-bond donors (Lipinski definition) is 1. The molecule has 0 spiro atoms. The van der Waals surface area contributed by atoms with Crippen LogP contribution in [-0.4, -0.2) is 40.6 Å². The molecule has 6 nitrogen and oxygen atoms in total. The maximum absolute atomic E-state index is 12.7. The highest BCUT2D eigenvalue weighted by molar-refractivity contribution is 7.92. The van der Waals surface area contributed by atoms with Crippen LogP contribution in [0.1, 0.15) is 42.5 Å². The van der Waals surface area contributed by atoms with Crippen molar-refractivity contribution in [3.05, 3.63) is 60.2 Å². The van der Waals surface area contributed by atoms with Gasteiger partial charge in [-0.15, -0.1) is 0 Å². The zero-order valence-corrected chi connectivity index (χ0v) is 17.5. The second-order valence-corrected chi connectivity index (χ2v) is 9.19. The number of carbonyl (C=O) groups excluding carboxylic acids is 1. The maximum atomic E-state index is 12.7. The molecular formula is C22H28N2O4S. The molecule has 2 aromatic carbocycles. The Labute approximate surface area is 172 Å². The number of rotatable bonds is 9. The van der Waals surface area contributed by atoms with Crippen molar-refractivity contribution in [1.82, 2.24) is 5.32 Å². The SMILES string of the molecule is CN(c1ccc(C(=O)NCCCOC2CCCC2)cc1)S(=O)(=O)c1ccccc1. The number of sulfonamides is 1. The zero-order chi connectivity index (χ0) is 20.7. The van der Waals surface area contributed by atoms with Crippen LogP contribution in [0.3, 0.4) is 0 Å². The van der Waals surface area contributed by atoms with Crippen molar-refractivity contribution in [3.63, 3.8) is 0 Å². The fourth-order valence-corrected chi connectivity index (χ4v) is 4.61. The van der Waals surface area contributed by atoms with E-state index < -0.39 is 10.0 Å². The maximum Gasteiger partial charge on any atom is 0.264 e. The topological polar surface area (TPSA) is 75.7 Å². The van der Waals surface area contributed by atoms with Gasteiger partial charge >= 0.3 is 0 Å². The molecule has 0 saturated heterocycles. The van der Waals surface area contributed by atoms with E-state index in [1.54, 1.807) is 54.6 Å². The summed E-state index contributed by atoms with van der Waals surface area (Å²) in [6.07, 6.45) is 5.96. The molecule has 29 heavy (non-hydrogen) atoms. The lowest BCUT2D eigenvalue weighted by Crippen LogP contribution is -2.27. The van der Waals surface area contributed by atoms with Gasteiger partial charge in [0.1, 0.15) is 0 Å². The second kappa shape index (κ2) is 9.89. The molecule has 7 heteroatoms. The van der Waals surface area contributed by atoms with Gasteiger partial charge in [0, 0.05) is 25.8 Å². The minimum Gasteiger partial charge on any atom is -0.378 e. The normalized spacial score (nSPS) is 14.7. The van der Waals surface area contributed by atoms with E-state index in [9.17, 15) is 13.2 Å². The van der Waals surface area contributed by atoms with Gasteiger partial charge in [-0.2, -0.15) is 0 Å². The Balaban J connectivity index is 1.50. The lowest BCUT2D eigenvalue weighted by atomic mass is 10.2. The molecule has 0 atom stereocenters. The highest BCUT2D eigenvalue weighted by atomic mass is 32.2. The molecule has 1 aliphatic carbocycles. The lowest BCUT2D eigenvalue weighted by molar-refractivity contribution is 0.0565. The Kier molecular flexibility index (Phi) is 7.28. The minimum atomic E-state index is -3.63. The molecule has 156 valence electrons. The fourth-order valence-electron chi connectivity index (χ4n) is 3.39. The number of benzene rings is 2. The van der Waals surface area contributed by atoms with Gasteiger partial charge in [0.25, 0.3) is 15.9 Å². The third kappa shape index (κ3) is 5.58. The first-order valence-corrected chi connectivity index (χ1v) is 11.5. The van der Waals surface area contributed by atoms with Gasteiger partial charge in [-0.1, -0.05) is 31.0 Å². The summed E-state index contributed by atoms with van der Waals surface area (Å²) in [4.78, 5) is 12.5. The first kappa shape index (κ1) is 21.3. The predicted molar refractivity (Wildman–Crippen MR) is 114 cm³/mol. The van der Waals surface area contributed by atoms with Crippen molar-refractivity contribution in [2.45, 2.75) is 43.1 Å². The van der Waals surface area contributed by atoms with Gasteiger partial charge in [0.05, 0.1) is 16.7 Å². The number of anilines is 1. The van der Waals surface area contributed by atoms with Crippen molar-refractivity contribution >= 4 is 21.6 Å². The number of hydrogen-bond acceptors (Lipinski definition) is 4. The fraction of sp³-hybridized carbons (Fsp3) is 0.409. The van der Waals surface area contributed by atoms with Crippen LogP contribution in [0.25, 0.3) is 0 Å². The van der Waals surface area contributed by atoms with E-state index in [0.29, 0.717) is 30.5 Å². The average Bonchev–Trinajstić information content (AvgIpc) is 3.27. The molecule has 0 radical (unpaired) electrons. The van der Waals surface area contributed by atoms with E-state index in [-0.39, 0.29) is 10.8 Å². The summed E-state index contributed by atoms with van der Waals surface area (Å²) in [6.45, 7) is 1.21. The van der Waals surface area contributed by atoms with Gasteiger partial charge in [0.2, 0.25) is 0 Å². The molecule has 1 fully saturated rings. The van der Waals surface area contributed by atoms with E-state index in [4.69, 9.17) is 4.74 Å². The lowest BCUT2D eigenvalue weighted by Gasteiger charge is -2.19.